The Morgan fingerprint density at radius 1 is 1.22 bits per heavy atom. The summed E-state index contributed by atoms with van der Waals surface area (Å²) in [7, 11) is 0. The first-order valence-corrected chi connectivity index (χ1v) is 7.48. The van der Waals surface area contributed by atoms with Crippen LogP contribution in [0, 0.1) is 18.8 Å². The van der Waals surface area contributed by atoms with Gasteiger partial charge in [-0.15, -0.1) is 0 Å². The van der Waals surface area contributed by atoms with Crippen molar-refractivity contribution in [2.45, 2.75) is 46.1 Å². The molecule has 1 aromatic rings. The van der Waals surface area contributed by atoms with Gasteiger partial charge < -0.3 is 5.32 Å². The molecular formula is C16H24ClN. The molecule has 0 bridgehead atoms. The van der Waals surface area contributed by atoms with Gasteiger partial charge in [-0.3, -0.25) is 0 Å². The lowest BCUT2D eigenvalue weighted by Gasteiger charge is -2.26. The van der Waals surface area contributed by atoms with Crippen molar-refractivity contribution in [3.05, 3.63) is 34.3 Å². The first-order valence-electron chi connectivity index (χ1n) is 7.11. The second-order valence-corrected chi connectivity index (χ2v) is 6.26. The highest BCUT2D eigenvalue weighted by Crippen LogP contribution is 2.27. The van der Waals surface area contributed by atoms with E-state index in [2.05, 4.69) is 25.2 Å². The van der Waals surface area contributed by atoms with E-state index in [9.17, 15) is 0 Å². The van der Waals surface area contributed by atoms with Crippen LogP contribution in [0.25, 0.3) is 0 Å². The van der Waals surface area contributed by atoms with Crippen LogP contribution in [-0.2, 0) is 6.54 Å². The van der Waals surface area contributed by atoms with E-state index in [0.29, 0.717) is 0 Å². The largest absolute Gasteiger partial charge is 0.312 e. The van der Waals surface area contributed by atoms with E-state index in [1.807, 2.05) is 12.1 Å². The molecule has 0 radical (unpaired) electrons. The van der Waals surface area contributed by atoms with Gasteiger partial charge in [0.15, 0.2) is 0 Å². The van der Waals surface area contributed by atoms with Gasteiger partial charge in [0.25, 0.3) is 0 Å². The average Bonchev–Trinajstić information content (AvgIpc) is 2.34. The van der Waals surface area contributed by atoms with Gasteiger partial charge >= 0.3 is 0 Å². The number of benzene rings is 1. The minimum Gasteiger partial charge on any atom is -0.312 e. The Balaban J connectivity index is 1.75. The monoisotopic (exact) mass is 265 g/mol. The molecule has 1 nitrogen and oxygen atoms in total. The predicted octanol–water partition coefficient (Wildman–Crippen LogP) is 4.56. The molecule has 100 valence electrons. The molecule has 0 spiro atoms. The van der Waals surface area contributed by atoms with E-state index in [0.717, 1.165) is 29.9 Å². The lowest BCUT2D eigenvalue weighted by molar-refractivity contribution is 0.281. The Labute approximate surface area is 116 Å². The smallest absolute Gasteiger partial charge is 0.0408 e. The predicted molar refractivity (Wildman–Crippen MR) is 79.0 cm³/mol. The first-order chi connectivity index (χ1) is 8.65. The normalized spacial score (nSPS) is 24.2. The Morgan fingerprint density at radius 3 is 2.61 bits per heavy atom. The van der Waals surface area contributed by atoms with Gasteiger partial charge in [0, 0.05) is 11.6 Å². The van der Waals surface area contributed by atoms with Gasteiger partial charge in [-0.2, -0.15) is 0 Å². The van der Waals surface area contributed by atoms with Crippen LogP contribution in [0.2, 0.25) is 5.02 Å². The van der Waals surface area contributed by atoms with Crippen molar-refractivity contribution >= 4 is 11.6 Å². The quantitative estimate of drug-likeness (QED) is 0.841. The van der Waals surface area contributed by atoms with Crippen molar-refractivity contribution in [2.75, 3.05) is 6.54 Å². The Kier molecular flexibility index (Phi) is 5.08. The van der Waals surface area contributed by atoms with Gasteiger partial charge in [0.2, 0.25) is 0 Å². The molecule has 2 heteroatoms. The van der Waals surface area contributed by atoms with E-state index < -0.39 is 0 Å². The highest BCUT2D eigenvalue weighted by molar-refractivity contribution is 6.30. The summed E-state index contributed by atoms with van der Waals surface area (Å²) in [4.78, 5) is 0. The van der Waals surface area contributed by atoms with Crippen LogP contribution < -0.4 is 5.32 Å². The third-order valence-corrected chi connectivity index (χ3v) is 4.42. The molecule has 0 unspecified atom stereocenters. The molecule has 1 fully saturated rings. The number of rotatable bonds is 4. The van der Waals surface area contributed by atoms with Crippen LogP contribution in [0.5, 0.6) is 0 Å². The van der Waals surface area contributed by atoms with Crippen LogP contribution in [-0.4, -0.2) is 6.54 Å². The maximum absolute atomic E-state index is 5.97. The zero-order valence-electron chi connectivity index (χ0n) is 11.5. The average molecular weight is 266 g/mol. The molecule has 0 aromatic heterocycles. The molecule has 1 saturated carbocycles. The molecule has 1 aliphatic rings. The zero-order chi connectivity index (χ0) is 13.0. The third-order valence-electron chi connectivity index (χ3n) is 4.19. The van der Waals surface area contributed by atoms with E-state index in [1.54, 1.807) is 0 Å². The van der Waals surface area contributed by atoms with E-state index >= 15 is 0 Å². The van der Waals surface area contributed by atoms with Crippen molar-refractivity contribution in [3.8, 4) is 0 Å². The number of hydrogen-bond acceptors (Lipinski definition) is 1. The van der Waals surface area contributed by atoms with Crippen molar-refractivity contribution in [1.29, 1.82) is 0 Å². The summed E-state index contributed by atoms with van der Waals surface area (Å²) in [5, 5.41) is 4.43. The van der Waals surface area contributed by atoms with E-state index in [1.165, 1.54) is 36.8 Å². The zero-order valence-corrected chi connectivity index (χ0v) is 12.3. The summed E-state index contributed by atoms with van der Waals surface area (Å²) < 4.78 is 0. The fourth-order valence-electron chi connectivity index (χ4n) is 2.80. The molecule has 0 saturated heterocycles. The Morgan fingerprint density at radius 2 is 1.94 bits per heavy atom. The van der Waals surface area contributed by atoms with Crippen molar-refractivity contribution in [1.82, 2.24) is 5.32 Å². The van der Waals surface area contributed by atoms with Gasteiger partial charge in [-0.25, -0.2) is 0 Å². The molecule has 1 aromatic carbocycles. The summed E-state index contributed by atoms with van der Waals surface area (Å²) in [6.07, 6.45) is 5.61. The highest BCUT2D eigenvalue weighted by atomic mass is 35.5. The minimum atomic E-state index is 0.831. The minimum absolute atomic E-state index is 0.831. The topological polar surface area (TPSA) is 12.0 Å². The fourth-order valence-corrected chi connectivity index (χ4v) is 3.03. The fraction of sp³-hybridized carbons (Fsp3) is 0.625. The number of hydrogen-bond donors (Lipinski definition) is 1. The van der Waals surface area contributed by atoms with Crippen LogP contribution in [0.3, 0.4) is 0 Å². The molecule has 1 N–H and O–H groups in total. The first kappa shape index (κ1) is 13.9. The van der Waals surface area contributed by atoms with Gasteiger partial charge in [-0.05, 0) is 61.4 Å². The maximum atomic E-state index is 5.97. The van der Waals surface area contributed by atoms with Crippen molar-refractivity contribution in [2.24, 2.45) is 11.8 Å². The van der Waals surface area contributed by atoms with Crippen LogP contribution >= 0.6 is 11.6 Å². The summed E-state index contributed by atoms with van der Waals surface area (Å²) in [5.74, 6) is 1.83. The molecular weight excluding hydrogens is 242 g/mol. The highest BCUT2D eigenvalue weighted by Gasteiger charge is 2.17. The lowest BCUT2D eigenvalue weighted by Crippen LogP contribution is -2.25. The van der Waals surface area contributed by atoms with Crippen LogP contribution in [0.1, 0.15) is 43.7 Å². The van der Waals surface area contributed by atoms with Crippen molar-refractivity contribution < 1.29 is 0 Å². The number of nitrogens with one attached hydrogen (secondary N) is 1. The van der Waals surface area contributed by atoms with Crippen molar-refractivity contribution in [3.63, 3.8) is 0 Å². The summed E-state index contributed by atoms with van der Waals surface area (Å²) in [6.45, 7) is 6.63. The molecule has 18 heavy (non-hydrogen) atoms. The molecule has 0 aliphatic heterocycles. The lowest BCUT2D eigenvalue weighted by atomic mass is 9.83. The van der Waals surface area contributed by atoms with Crippen LogP contribution in [0.15, 0.2) is 18.2 Å². The molecule has 0 heterocycles. The molecule has 0 atom stereocenters. The maximum Gasteiger partial charge on any atom is 0.0408 e. The SMILES string of the molecule is Cc1cc(Cl)ccc1CNCC1CCC(C)CC1. The summed E-state index contributed by atoms with van der Waals surface area (Å²) in [5.41, 5.74) is 2.65. The summed E-state index contributed by atoms with van der Waals surface area (Å²) >= 11 is 5.97. The van der Waals surface area contributed by atoms with Crippen LogP contribution in [0.4, 0.5) is 0 Å². The van der Waals surface area contributed by atoms with E-state index in [-0.39, 0.29) is 0 Å². The Hall–Kier alpha value is -0.530. The molecule has 1 aliphatic carbocycles. The molecule has 0 amide bonds. The third kappa shape index (κ3) is 4.00. The summed E-state index contributed by atoms with van der Waals surface area (Å²) in [6, 6.07) is 6.16. The van der Waals surface area contributed by atoms with Gasteiger partial charge in [-0.1, -0.05) is 37.4 Å². The van der Waals surface area contributed by atoms with Gasteiger partial charge in [0.1, 0.15) is 0 Å². The van der Waals surface area contributed by atoms with E-state index in [4.69, 9.17) is 11.6 Å². The standard InChI is InChI=1S/C16H24ClN/c1-12-3-5-14(6-4-12)10-18-11-15-7-8-16(17)9-13(15)2/h7-9,12,14,18H,3-6,10-11H2,1-2H3. The number of halogens is 1. The second-order valence-electron chi connectivity index (χ2n) is 5.83. The Bertz CT molecular complexity index is 381. The second kappa shape index (κ2) is 6.58. The van der Waals surface area contributed by atoms with Gasteiger partial charge in [0.05, 0.1) is 0 Å². The number of aryl methyl sites for hydroxylation is 1. The molecule has 2 rings (SSSR count).